The maximum absolute atomic E-state index is 12.3. The van der Waals surface area contributed by atoms with Crippen LogP contribution in [0.25, 0.3) is 0 Å². The Hall–Kier alpha value is -2.04. The molecule has 1 aliphatic carbocycles. The number of benzene rings is 1. The van der Waals surface area contributed by atoms with Crippen molar-refractivity contribution in [3.8, 4) is 0 Å². The molecule has 2 N–H and O–H groups in total. The number of hydrogen-bond donors (Lipinski definition) is 2. The second kappa shape index (κ2) is 7.49. The van der Waals surface area contributed by atoms with E-state index in [0.29, 0.717) is 11.4 Å². The van der Waals surface area contributed by atoms with E-state index in [1.54, 1.807) is 18.2 Å². The van der Waals surface area contributed by atoms with Gasteiger partial charge in [-0.3, -0.25) is 10.1 Å². The van der Waals surface area contributed by atoms with Crippen LogP contribution in [0.3, 0.4) is 0 Å². The number of rotatable bonds is 3. The van der Waals surface area contributed by atoms with Crippen LogP contribution in [0.1, 0.15) is 52.9 Å². The molecule has 1 aromatic rings. The molecular weight excluding hydrogens is 292 g/mol. The molecule has 0 saturated heterocycles. The van der Waals surface area contributed by atoms with E-state index in [2.05, 4.69) is 10.6 Å². The first-order chi connectivity index (χ1) is 10.8. The maximum Gasteiger partial charge on any atom is 0.412 e. The first-order valence-corrected chi connectivity index (χ1v) is 8.24. The molecule has 0 bridgehead atoms. The van der Waals surface area contributed by atoms with Crippen LogP contribution in [0.4, 0.5) is 16.2 Å². The molecule has 1 fully saturated rings. The number of carbonyl (C=O) groups is 2. The maximum atomic E-state index is 12.3. The Morgan fingerprint density at radius 1 is 1.04 bits per heavy atom. The van der Waals surface area contributed by atoms with Crippen molar-refractivity contribution in [2.45, 2.75) is 58.5 Å². The number of hydrogen-bond acceptors (Lipinski definition) is 3. The summed E-state index contributed by atoms with van der Waals surface area (Å²) in [6.07, 6.45) is 4.88. The zero-order valence-electron chi connectivity index (χ0n) is 14.1. The Morgan fingerprint density at radius 2 is 1.65 bits per heavy atom. The molecule has 0 unspecified atom stereocenters. The quantitative estimate of drug-likeness (QED) is 0.859. The van der Waals surface area contributed by atoms with Gasteiger partial charge in [0.2, 0.25) is 5.91 Å². The predicted octanol–water partition coefficient (Wildman–Crippen LogP) is 4.55. The van der Waals surface area contributed by atoms with Crippen molar-refractivity contribution >= 4 is 23.4 Å². The van der Waals surface area contributed by atoms with Crippen LogP contribution in [-0.4, -0.2) is 17.6 Å². The summed E-state index contributed by atoms with van der Waals surface area (Å²) in [6, 6.07) is 7.12. The van der Waals surface area contributed by atoms with E-state index in [9.17, 15) is 9.59 Å². The van der Waals surface area contributed by atoms with E-state index in [4.69, 9.17) is 4.74 Å². The SMILES string of the molecule is CC(C)(C)OC(=O)Nc1cccc(NC(=O)C2CCCCC2)c1. The highest BCUT2D eigenvalue weighted by atomic mass is 16.6. The number of amides is 2. The Kier molecular flexibility index (Phi) is 5.64. The second-order valence-electron chi connectivity index (χ2n) is 7.03. The molecule has 0 aliphatic heterocycles. The van der Waals surface area contributed by atoms with Gasteiger partial charge < -0.3 is 10.1 Å². The molecule has 2 rings (SSSR count). The number of carbonyl (C=O) groups excluding carboxylic acids is 2. The van der Waals surface area contributed by atoms with Crippen molar-refractivity contribution in [3.05, 3.63) is 24.3 Å². The summed E-state index contributed by atoms with van der Waals surface area (Å²) in [7, 11) is 0. The Balaban J connectivity index is 1.94. The highest BCUT2D eigenvalue weighted by Gasteiger charge is 2.21. The minimum absolute atomic E-state index is 0.0686. The average molecular weight is 318 g/mol. The van der Waals surface area contributed by atoms with Crippen LogP contribution >= 0.6 is 0 Å². The molecule has 0 atom stereocenters. The van der Waals surface area contributed by atoms with E-state index in [0.717, 1.165) is 25.7 Å². The molecule has 0 heterocycles. The monoisotopic (exact) mass is 318 g/mol. The Bertz CT molecular complexity index is 558. The van der Waals surface area contributed by atoms with Gasteiger partial charge in [0.25, 0.3) is 0 Å². The summed E-state index contributed by atoms with van der Waals surface area (Å²) in [5, 5.41) is 5.62. The number of ether oxygens (including phenoxy) is 1. The smallest absolute Gasteiger partial charge is 0.412 e. The van der Waals surface area contributed by atoms with Crippen LogP contribution < -0.4 is 10.6 Å². The van der Waals surface area contributed by atoms with Gasteiger partial charge >= 0.3 is 6.09 Å². The van der Waals surface area contributed by atoms with Gasteiger partial charge in [-0.1, -0.05) is 25.3 Å². The summed E-state index contributed by atoms with van der Waals surface area (Å²) in [5.41, 5.74) is 0.742. The third-order valence-corrected chi connectivity index (χ3v) is 3.75. The highest BCUT2D eigenvalue weighted by molar-refractivity contribution is 5.94. The zero-order chi connectivity index (χ0) is 16.9. The fraction of sp³-hybridized carbons (Fsp3) is 0.556. The number of nitrogens with one attached hydrogen (secondary N) is 2. The summed E-state index contributed by atoms with van der Waals surface area (Å²) < 4.78 is 5.22. The molecule has 0 spiro atoms. The lowest BCUT2D eigenvalue weighted by atomic mass is 9.88. The van der Waals surface area contributed by atoms with E-state index in [-0.39, 0.29) is 11.8 Å². The second-order valence-corrected chi connectivity index (χ2v) is 7.03. The predicted molar refractivity (Wildman–Crippen MR) is 91.5 cm³/mol. The van der Waals surface area contributed by atoms with Gasteiger partial charge in [-0.15, -0.1) is 0 Å². The molecule has 2 amide bonds. The van der Waals surface area contributed by atoms with Gasteiger partial charge in [0.15, 0.2) is 0 Å². The standard InChI is InChI=1S/C18H26N2O3/c1-18(2,3)23-17(22)20-15-11-7-10-14(12-15)19-16(21)13-8-5-4-6-9-13/h7,10-13H,4-6,8-9H2,1-3H3,(H,19,21)(H,20,22). The van der Waals surface area contributed by atoms with Crippen LogP contribution in [-0.2, 0) is 9.53 Å². The van der Waals surface area contributed by atoms with Crippen LogP contribution in [0, 0.1) is 5.92 Å². The lowest BCUT2D eigenvalue weighted by Gasteiger charge is -2.21. The largest absolute Gasteiger partial charge is 0.444 e. The first-order valence-electron chi connectivity index (χ1n) is 8.24. The van der Waals surface area contributed by atoms with E-state index in [1.807, 2.05) is 26.8 Å². The first kappa shape index (κ1) is 17.3. The molecule has 0 aromatic heterocycles. The lowest BCUT2D eigenvalue weighted by Crippen LogP contribution is -2.27. The molecule has 5 nitrogen and oxygen atoms in total. The van der Waals surface area contributed by atoms with Crippen molar-refractivity contribution in [1.29, 1.82) is 0 Å². The topological polar surface area (TPSA) is 67.4 Å². The molecule has 0 radical (unpaired) electrons. The summed E-state index contributed by atoms with van der Waals surface area (Å²) in [5.74, 6) is 0.172. The van der Waals surface area contributed by atoms with Gasteiger partial charge in [-0.2, -0.15) is 0 Å². The fourth-order valence-electron chi connectivity index (χ4n) is 2.71. The summed E-state index contributed by atoms with van der Waals surface area (Å²) in [6.45, 7) is 5.44. The highest BCUT2D eigenvalue weighted by Crippen LogP contribution is 2.25. The number of anilines is 2. The third kappa shape index (κ3) is 5.93. The van der Waals surface area contributed by atoms with Crippen LogP contribution in [0.5, 0.6) is 0 Å². The third-order valence-electron chi connectivity index (χ3n) is 3.75. The lowest BCUT2D eigenvalue weighted by molar-refractivity contribution is -0.120. The zero-order valence-corrected chi connectivity index (χ0v) is 14.1. The Labute approximate surface area is 137 Å². The fourth-order valence-corrected chi connectivity index (χ4v) is 2.71. The summed E-state index contributed by atoms with van der Waals surface area (Å²) in [4.78, 5) is 24.1. The average Bonchev–Trinajstić information content (AvgIpc) is 2.46. The minimum Gasteiger partial charge on any atom is -0.444 e. The van der Waals surface area contributed by atoms with Gasteiger partial charge in [-0.05, 0) is 51.8 Å². The Morgan fingerprint density at radius 3 is 2.26 bits per heavy atom. The van der Waals surface area contributed by atoms with Gasteiger partial charge in [-0.25, -0.2) is 4.79 Å². The van der Waals surface area contributed by atoms with Gasteiger partial charge in [0, 0.05) is 17.3 Å². The van der Waals surface area contributed by atoms with Crippen molar-refractivity contribution in [1.82, 2.24) is 0 Å². The van der Waals surface area contributed by atoms with E-state index < -0.39 is 11.7 Å². The van der Waals surface area contributed by atoms with Gasteiger partial charge in [0.1, 0.15) is 5.60 Å². The molecular formula is C18H26N2O3. The molecule has 5 heteroatoms. The molecule has 1 aliphatic rings. The van der Waals surface area contributed by atoms with Crippen LogP contribution in [0.15, 0.2) is 24.3 Å². The van der Waals surface area contributed by atoms with E-state index >= 15 is 0 Å². The van der Waals surface area contributed by atoms with Crippen molar-refractivity contribution in [2.24, 2.45) is 5.92 Å². The van der Waals surface area contributed by atoms with Crippen LogP contribution in [0.2, 0.25) is 0 Å². The van der Waals surface area contributed by atoms with E-state index in [1.165, 1.54) is 6.42 Å². The van der Waals surface area contributed by atoms with Gasteiger partial charge in [0.05, 0.1) is 0 Å². The molecule has 1 aromatic carbocycles. The van der Waals surface area contributed by atoms with Crippen molar-refractivity contribution in [2.75, 3.05) is 10.6 Å². The van der Waals surface area contributed by atoms with Crippen molar-refractivity contribution < 1.29 is 14.3 Å². The molecule has 23 heavy (non-hydrogen) atoms. The molecule has 126 valence electrons. The summed E-state index contributed by atoms with van der Waals surface area (Å²) >= 11 is 0. The normalized spacial score (nSPS) is 15.8. The molecule has 1 saturated carbocycles. The minimum atomic E-state index is -0.545. The van der Waals surface area contributed by atoms with Crippen molar-refractivity contribution in [3.63, 3.8) is 0 Å².